The second-order valence-electron chi connectivity index (χ2n) is 5.76. The molecule has 3 aromatic carbocycles. The van der Waals surface area contributed by atoms with E-state index in [-0.39, 0.29) is 0 Å². The normalized spacial score (nSPS) is 10.8. The number of nitrogens with zero attached hydrogens (tertiary/aromatic N) is 2. The predicted octanol–water partition coefficient (Wildman–Crippen LogP) is 5.93. The molecule has 0 aliphatic heterocycles. The molecule has 0 radical (unpaired) electrons. The lowest BCUT2D eigenvalue weighted by Crippen LogP contribution is -1.97. The van der Waals surface area contributed by atoms with Gasteiger partial charge >= 0.3 is 0 Å². The fourth-order valence-electron chi connectivity index (χ4n) is 2.87. The highest BCUT2D eigenvalue weighted by atomic mass is 32.2. The SMILES string of the molecule is CSc1cc(-c2ccc(-c3ccccc3)cc2)nn1-c1ccccc1. The molecule has 0 saturated carbocycles. The zero-order valence-corrected chi connectivity index (χ0v) is 14.8. The van der Waals surface area contributed by atoms with Crippen LogP contribution in [0.5, 0.6) is 0 Å². The molecule has 0 spiro atoms. The van der Waals surface area contributed by atoms with Gasteiger partial charge in [0, 0.05) is 5.56 Å². The van der Waals surface area contributed by atoms with Gasteiger partial charge in [0.2, 0.25) is 0 Å². The van der Waals surface area contributed by atoms with E-state index in [0.29, 0.717) is 0 Å². The molecule has 4 rings (SSSR count). The minimum Gasteiger partial charge on any atom is -0.227 e. The van der Waals surface area contributed by atoms with Gasteiger partial charge in [0.25, 0.3) is 0 Å². The van der Waals surface area contributed by atoms with Crippen LogP contribution in [0.2, 0.25) is 0 Å². The van der Waals surface area contributed by atoms with Gasteiger partial charge in [-0.25, -0.2) is 4.68 Å². The Hall–Kier alpha value is -2.78. The van der Waals surface area contributed by atoms with Gasteiger partial charge in [0.1, 0.15) is 5.03 Å². The molecule has 0 N–H and O–H groups in total. The number of aromatic nitrogens is 2. The Kier molecular flexibility index (Phi) is 4.40. The zero-order valence-electron chi connectivity index (χ0n) is 14.0. The van der Waals surface area contributed by atoms with Crippen LogP contribution < -0.4 is 0 Å². The first-order chi connectivity index (χ1) is 12.3. The highest BCUT2D eigenvalue weighted by molar-refractivity contribution is 7.98. The van der Waals surface area contributed by atoms with Crippen LogP contribution in [0.25, 0.3) is 28.1 Å². The summed E-state index contributed by atoms with van der Waals surface area (Å²) in [6.45, 7) is 0. The molecule has 0 aliphatic rings. The number of thioether (sulfide) groups is 1. The molecule has 0 atom stereocenters. The van der Waals surface area contributed by atoms with E-state index in [1.165, 1.54) is 11.1 Å². The van der Waals surface area contributed by atoms with Gasteiger partial charge in [-0.05, 0) is 35.6 Å². The van der Waals surface area contributed by atoms with Gasteiger partial charge < -0.3 is 0 Å². The Morgan fingerprint density at radius 2 is 1.24 bits per heavy atom. The predicted molar refractivity (Wildman–Crippen MR) is 106 cm³/mol. The molecule has 0 aliphatic carbocycles. The lowest BCUT2D eigenvalue weighted by Gasteiger charge is -2.04. The maximum Gasteiger partial charge on any atom is 0.100 e. The molecular formula is C22H18N2S. The van der Waals surface area contributed by atoms with Gasteiger partial charge in [-0.1, -0.05) is 72.8 Å². The summed E-state index contributed by atoms with van der Waals surface area (Å²) in [5, 5.41) is 5.95. The van der Waals surface area contributed by atoms with Gasteiger partial charge in [-0.2, -0.15) is 5.10 Å². The van der Waals surface area contributed by atoms with Crippen molar-refractivity contribution in [2.24, 2.45) is 0 Å². The van der Waals surface area contributed by atoms with Gasteiger partial charge in [0.05, 0.1) is 11.4 Å². The summed E-state index contributed by atoms with van der Waals surface area (Å²) < 4.78 is 2.01. The Morgan fingerprint density at radius 3 is 1.88 bits per heavy atom. The third-order valence-corrected chi connectivity index (χ3v) is 4.88. The summed E-state index contributed by atoms with van der Waals surface area (Å²) in [6.07, 6.45) is 2.08. The quantitative estimate of drug-likeness (QED) is 0.428. The van der Waals surface area contributed by atoms with Crippen molar-refractivity contribution in [2.75, 3.05) is 6.26 Å². The fraction of sp³-hybridized carbons (Fsp3) is 0.0455. The smallest absolute Gasteiger partial charge is 0.100 e. The summed E-state index contributed by atoms with van der Waals surface area (Å²) >= 11 is 1.71. The third kappa shape index (κ3) is 3.24. The summed E-state index contributed by atoms with van der Waals surface area (Å²) in [4.78, 5) is 0. The van der Waals surface area contributed by atoms with Crippen molar-refractivity contribution in [1.29, 1.82) is 0 Å². The first kappa shape index (κ1) is 15.7. The Balaban J connectivity index is 1.70. The van der Waals surface area contributed by atoms with Crippen LogP contribution in [0.4, 0.5) is 0 Å². The highest BCUT2D eigenvalue weighted by Crippen LogP contribution is 2.28. The van der Waals surface area contributed by atoms with Crippen LogP contribution >= 0.6 is 11.8 Å². The van der Waals surface area contributed by atoms with E-state index in [4.69, 9.17) is 5.10 Å². The van der Waals surface area contributed by atoms with Crippen molar-refractivity contribution < 1.29 is 0 Å². The number of hydrogen-bond donors (Lipinski definition) is 0. The van der Waals surface area contributed by atoms with Crippen LogP contribution in [0.3, 0.4) is 0 Å². The number of para-hydroxylation sites is 1. The molecule has 122 valence electrons. The Bertz CT molecular complexity index is 958. The monoisotopic (exact) mass is 342 g/mol. The molecule has 2 nitrogen and oxygen atoms in total. The molecule has 1 heterocycles. The van der Waals surface area contributed by atoms with Gasteiger partial charge in [-0.15, -0.1) is 11.8 Å². The van der Waals surface area contributed by atoms with Crippen LogP contribution in [0.1, 0.15) is 0 Å². The van der Waals surface area contributed by atoms with Crippen LogP contribution in [-0.4, -0.2) is 16.0 Å². The van der Waals surface area contributed by atoms with E-state index >= 15 is 0 Å². The molecule has 0 amide bonds. The van der Waals surface area contributed by atoms with Crippen molar-refractivity contribution in [3.05, 3.63) is 91.0 Å². The molecule has 0 fully saturated rings. The average molecular weight is 342 g/mol. The molecule has 3 heteroatoms. The lowest BCUT2D eigenvalue weighted by molar-refractivity contribution is 0.807. The van der Waals surface area contributed by atoms with E-state index in [1.54, 1.807) is 11.8 Å². The largest absolute Gasteiger partial charge is 0.227 e. The molecule has 25 heavy (non-hydrogen) atoms. The molecular weight excluding hydrogens is 324 g/mol. The Labute approximate surface area is 152 Å². The average Bonchev–Trinajstić information content (AvgIpc) is 3.14. The molecule has 0 bridgehead atoms. The van der Waals surface area contributed by atoms with Gasteiger partial charge in [-0.3, -0.25) is 0 Å². The second kappa shape index (κ2) is 6.99. The summed E-state index contributed by atoms with van der Waals surface area (Å²) in [7, 11) is 0. The van der Waals surface area contributed by atoms with Crippen molar-refractivity contribution in [1.82, 2.24) is 9.78 Å². The van der Waals surface area contributed by atoms with E-state index in [0.717, 1.165) is 22.0 Å². The second-order valence-corrected chi connectivity index (χ2v) is 6.59. The lowest BCUT2D eigenvalue weighted by atomic mass is 10.0. The summed E-state index contributed by atoms with van der Waals surface area (Å²) in [5.74, 6) is 0. The standard InChI is InChI=1S/C22H18N2S/c1-25-22-16-21(23-24(22)20-10-6-3-7-11-20)19-14-12-18(13-15-19)17-8-4-2-5-9-17/h2-16H,1H3. The maximum absolute atomic E-state index is 4.82. The first-order valence-electron chi connectivity index (χ1n) is 8.20. The van der Waals surface area contributed by atoms with E-state index in [1.807, 2.05) is 28.9 Å². The van der Waals surface area contributed by atoms with Crippen molar-refractivity contribution in [2.45, 2.75) is 5.03 Å². The van der Waals surface area contributed by atoms with E-state index in [9.17, 15) is 0 Å². The number of hydrogen-bond acceptors (Lipinski definition) is 2. The van der Waals surface area contributed by atoms with Crippen LogP contribution in [0, 0.1) is 0 Å². The molecule has 4 aromatic rings. The van der Waals surface area contributed by atoms with Crippen LogP contribution in [0.15, 0.2) is 96.0 Å². The minimum atomic E-state index is 0.993. The van der Waals surface area contributed by atoms with Gasteiger partial charge in [0.15, 0.2) is 0 Å². The molecule has 0 saturated heterocycles. The fourth-order valence-corrected chi connectivity index (χ4v) is 3.42. The number of rotatable bonds is 4. The first-order valence-corrected chi connectivity index (χ1v) is 9.43. The molecule has 1 aromatic heterocycles. The summed E-state index contributed by atoms with van der Waals surface area (Å²) in [5.41, 5.74) is 5.65. The minimum absolute atomic E-state index is 0.993. The van der Waals surface area contributed by atoms with Crippen molar-refractivity contribution in [3.63, 3.8) is 0 Å². The van der Waals surface area contributed by atoms with E-state index in [2.05, 4.69) is 73.0 Å². The van der Waals surface area contributed by atoms with Crippen molar-refractivity contribution in [3.8, 4) is 28.1 Å². The topological polar surface area (TPSA) is 17.8 Å². The number of benzene rings is 3. The van der Waals surface area contributed by atoms with Crippen LogP contribution in [-0.2, 0) is 0 Å². The third-order valence-electron chi connectivity index (χ3n) is 4.17. The van der Waals surface area contributed by atoms with Crippen molar-refractivity contribution >= 4 is 11.8 Å². The zero-order chi connectivity index (χ0) is 17.1. The summed E-state index contributed by atoms with van der Waals surface area (Å²) in [6, 6.07) is 31.4. The highest BCUT2D eigenvalue weighted by Gasteiger charge is 2.10. The maximum atomic E-state index is 4.82. The molecule has 0 unspecified atom stereocenters. The Morgan fingerprint density at radius 1 is 0.680 bits per heavy atom. The van der Waals surface area contributed by atoms with E-state index < -0.39 is 0 Å².